The maximum Gasteiger partial charge on any atom is 0.222 e. The van der Waals surface area contributed by atoms with Gasteiger partial charge in [0.2, 0.25) is 11.8 Å². The molecule has 0 bridgehead atoms. The maximum atomic E-state index is 12.6. The van der Waals surface area contributed by atoms with Crippen molar-refractivity contribution in [2.24, 2.45) is 4.99 Å². The van der Waals surface area contributed by atoms with Gasteiger partial charge in [0, 0.05) is 72.9 Å². The molecule has 0 aliphatic carbocycles. The Morgan fingerprint density at radius 2 is 1.72 bits per heavy atom. The number of carbonyl (C=O) groups is 2. The first-order valence-corrected chi connectivity index (χ1v) is 17.2. The van der Waals surface area contributed by atoms with Crippen LogP contribution in [0.2, 0.25) is 0 Å². The number of rotatable bonds is 14. The second kappa shape index (κ2) is 15.2. The van der Waals surface area contributed by atoms with E-state index in [1.54, 1.807) is 12.1 Å². The molecule has 0 fully saturated rings. The third-order valence-corrected chi connectivity index (χ3v) is 9.73. The van der Waals surface area contributed by atoms with Crippen molar-refractivity contribution in [3.8, 4) is 5.75 Å². The first-order chi connectivity index (χ1) is 22.5. The second-order valence-corrected chi connectivity index (χ2v) is 14.1. The lowest BCUT2D eigenvalue weighted by molar-refractivity contribution is -0.123. The summed E-state index contributed by atoms with van der Waals surface area (Å²) in [6.45, 7) is 8.98. The quantitative estimate of drug-likeness (QED) is 0.0849. The van der Waals surface area contributed by atoms with Gasteiger partial charge in [-0.15, -0.1) is 0 Å². The van der Waals surface area contributed by atoms with Gasteiger partial charge in [-0.25, -0.2) is 4.99 Å². The van der Waals surface area contributed by atoms with Crippen LogP contribution in [0.1, 0.15) is 51.2 Å². The van der Waals surface area contributed by atoms with E-state index in [4.69, 9.17) is 9.73 Å². The van der Waals surface area contributed by atoms with Gasteiger partial charge in [0.05, 0.1) is 29.8 Å². The Labute approximate surface area is 281 Å². The Bertz CT molecular complexity index is 1770. The first kappa shape index (κ1) is 34.2. The van der Waals surface area contributed by atoms with Crippen molar-refractivity contribution in [3.05, 3.63) is 81.7 Å². The lowest BCUT2D eigenvalue weighted by Gasteiger charge is -2.43. The summed E-state index contributed by atoms with van der Waals surface area (Å²) in [7, 11) is 4.11. The van der Waals surface area contributed by atoms with Crippen LogP contribution in [0, 0.1) is 4.51 Å². The largest absolute Gasteiger partial charge is 0.508 e. The summed E-state index contributed by atoms with van der Waals surface area (Å²) in [6.07, 6.45) is 4.42. The molecule has 0 aromatic heterocycles. The highest BCUT2D eigenvalue weighted by Gasteiger charge is 2.31. The lowest BCUT2D eigenvalue weighted by atomic mass is 9.88. The molecule has 2 aliphatic heterocycles. The van der Waals surface area contributed by atoms with Crippen molar-refractivity contribution in [2.45, 2.75) is 56.9 Å². The fraction of sp³-hybridized carbons (Fsp3) is 0.405. The van der Waals surface area contributed by atoms with Crippen LogP contribution in [0.15, 0.2) is 70.6 Å². The monoisotopic (exact) mass is 657 g/mol. The molecule has 0 radical (unpaired) electrons. The minimum Gasteiger partial charge on any atom is -0.508 e. The molecule has 3 aromatic rings. The number of nitrogens with one attached hydrogen (secondary N) is 2. The van der Waals surface area contributed by atoms with Gasteiger partial charge in [-0.2, -0.15) is 11.4 Å². The number of hydrogen-bond donors (Lipinski definition) is 4. The number of nitrogens with zero attached hydrogens (tertiary/aromatic N) is 3. The Morgan fingerprint density at radius 3 is 2.49 bits per heavy atom. The van der Waals surface area contributed by atoms with Crippen LogP contribution in [0.25, 0.3) is 5.57 Å². The number of hydrogen-bond acceptors (Lipinski definition) is 7. The van der Waals surface area contributed by atoms with E-state index in [0.29, 0.717) is 39.1 Å². The molecule has 2 amide bonds. The zero-order valence-electron chi connectivity index (χ0n) is 28.1. The molecule has 0 unspecified atom stereocenters. The first-order valence-electron chi connectivity index (χ1n) is 16.3. The summed E-state index contributed by atoms with van der Waals surface area (Å²) < 4.78 is 6.77. The van der Waals surface area contributed by atoms with Crippen LogP contribution in [-0.4, -0.2) is 69.4 Å². The Balaban J connectivity index is 1.07. The van der Waals surface area contributed by atoms with E-state index in [9.17, 15) is 14.7 Å². The van der Waals surface area contributed by atoms with E-state index in [-0.39, 0.29) is 29.5 Å². The van der Waals surface area contributed by atoms with E-state index >= 15 is 0 Å². The van der Waals surface area contributed by atoms with Gasteiger partial charge in [-0.1, -0.05) is 18.2 Å². The molecule has 10 heteroatoms. The van der Waals surface area contributed by atoms with Gasteiger partial charge in [-0.05, 0) is 87.2 Å². The fourth-order valence-corrected chi connectivity index (χ4v) is 7.15. The zero-order valence-corrected chi connectivity index (χ0v) is 29.0. The number of amides is 2. The molecule has 0 atom stereocenters. The average molecular weight is 658 g/mol. The number of ether oxygens (including phenoxy) is 1. The van der Waals surface area contributed by atoms with Crippen LogP contribution >= 0.6 is 11.4 Å². The molecule has 5 rings (SSSR count). The average Bonchev–Trinajstić information content (AvgIpc) is 3.03. The summed E-state index contributed by atoms with van der Waals surface area (Å²) in [5, 5.41) is 16.2. The van der Waals surface area contributed by atoms with Crippen molar-refractivity contribution < 1.29 is 19.4 Å². The van der Waals surface area contributed by atoms with Gasteiger partial charge in [-0.3, -0.25) is 9.59 Å². The summed E-state index contributed by atoms with van der Waals surface area (Å²) >= 11 is 1.15. The molecule has 3 aromatic carbocycles. The Kier molecular flexibility index (Phi) is 11.0. The number of thiol groups is 1. The van der Waals surface area contributed by atoms with Crippen LogP contribution in [0.3, 0.4) is 0 Å². The van der Waals surface area contributed by atoms with Crippen molar-refractivity contribution in [1.82, 2.24) is 10.6 Å². The molecule has 3 N–H and O–H groups in total. The second-order valence-electron chi connectivity index (χ2n) is 12.9. The number of benzene rings is 3. The number of anilines is 2. The number of allylic oxidation sites excluding steroid dienone is 1. The number of phenolic OH excluding ortho intramolecular Hbond substituents is 1. The van der Waals surface area contributed by atoms with Crippen LogP contribution in [0.4, 0.5) is 17.1 Å². The number of phenols is 1. The van der Waals surface area contributed by atoms with Crippen molar-refractivity contribution in [3.63, 3.8) is 0 Å². The molecule has 9 nitrogen and oxygen atoms in total. The van der Waals surface area contributed by atoms with E-state index in [1.807, 2.05) is 12.1 Å². The lowest BCUT2D eigenvalue weighted by Crippen LogP contribution is -2.46. The molecular formula is C37H47N5O4S. The van der Waals surface area contributed by atoms with Crippen LogP contribution in [-0.2, 0) is 20.7 Å². The molecule has 0 spiro atoms. The van der Waals surface area contributed by atoms with Crippen molar-refractivity contribution in [2.75, 3.05) is 56.7 Å². The number of carbonyl (C=O) groups excluding carboxylic acids is 2. The molecule has 250 valence electrons. The molecule has 0 saturated carbocycles. The third kappa shape index (κ3) is 8.81. The van der Waals surface area contributed by atoms with E-state index in [1.165, 1.54) is 31.9 Å². The van der Waals surface area contributed by atoms with Gasteiger partial charge in [0.1, 0.15) is 5.75 Å². The Hall–Kier alpha value is -4.15. The molecule has 2 heterocycles. The molecular weight excluding hydrogens is 611 g/mol. The fourth-order valence-electron chi connectivity index (χ4n) is 6.04. The summed E-state index contributed by atoms with van der Waals surface area (Å²) in [5.74, 6) is 0.156. The highest BCUT2D eigenvalue weighted by atomic mass is 32.1. The van der Waals surface area contributed by atoms with Crippen molar-refractivity contribution in [1.29, 1.82) is 0 Å². The van der Waals surface area contributed by atoms with Crippen molar-refractivity contribution >= 4 is 45.8 Å². The van der Waals surface area contributed by atoms with Gasteiger partial charge < -0.3 is 30.3 Å². The van der Waals surface area contributed by atoms with E-state index in [2.05, 4.69) is 91.7 Å². The Morgan fingerprint density at radius 1 is 0.979 bits per heavy atom. The summed E-state index contributed by atoms with van der Waals surface area (Å²) in [4.78, 5) is 35.5. The summed E-state index contributed by atoms with van der Waals surface area (Å²) in [6, 6.07) is 17.9. The molecule has 2 aliphatic rings. The predicted octanol–water partition coefficient (Wildman–Crippen LogP) is 5.16. The predicted molar refractivity (Wildman–Crippen MR) is 192 cm³/mol. The standard InChI is InChI=1S/C37H47N5O4S/c1-25-24-37(2,3)42(32-23-34-31(22-29(25)32)40-30-13-10-27(41(4)5)21-33(30)47-34)18-6-7-35(44)39-17-20-46-19-15-36(45)38-16-14-26-8-11-28(43)12-9-26/h8-13,21-24,43,47H,6-7,14-20H2,1-5H3,(H,38,45)(H,39,44). The third-order valence-electron chi connectivity index (χ3n) is 8.53. The van der Waals surface area contributed by atoms with Crippen LogP contribution < -0.4 is 25.8 Å². The smallest absolute Gasteiger partial charge is 0.222 e. The normalized spacial score (nSPS) is 14.2. The number of aromatic hydroxyl groups is 1. The van der Waals surface area contributed by atoms with Gasteiger partial charge >= 0.3 is 0 Å². The highest BCUT2D eigenvalue weighted by molar-refractivity contribution is 7.91. The summed E-state index contributed by atoms with van der Waals surface area (Å²) in [5.41, 5.74) is 6.69. The van der Waals surface area contributed by atoms with Crippen LogP contribution in [0.5, 0.6) is 5.75 Å². The van der Waals surface area contributed by atoms with Gasteiger partial charge in [0.25, 0.3) is 0 Å². The van der Waals surface area contributed by atoms with Gasteiger partial charge in [0.15, 0.2) is 0 Å². The minimum absolute atomic E-state index is 0.00148. The maximum absolute atomic E-state index is 12.6. The van der Waals surface area contributed by atoms with E-state index in [0.717, 1.165) is 40.9 Å². The number of fused-ring (bicyclic) bond motifs is 3. The SMILES string of the molecule is CC1=CC(C)(C)N(CCCC(=O)NCCOCCC(=O)NCCc2ccc(O)cc2)c2cc3c(cc21)=Nc1ccc(N(C)C)cc1[SH]=3. The molecule has 0 saturated heterocycles. The highest BCUT2D eigenvalue weighted by Crippen LogP contribution is 2.40. The van der Waals surface area contributed by atoms with E-state index < -0.39 is 0 Å². The topological polar surface area (TPSA) is 106 Å². The zero-order chi connectivity index (χ0) is 33.6. The minimum atomic E-state index is -0.188. The molecule has 47 heavy (non-hydrogen) atoms.